The van der Waals surface area contributed by atoms with Gasteiger partial charge in [0.1, 0.15) is 12.4 Å². The minimum Gasteiger partial charge on any atom is -0.490 e. The summed E-state index contributed by atoms with van der Waals surface area (Å²) in [4.78, 5) is 32.2. The molecule has 1 atom stereocenters. The Kier molecular flexibility index (Phi) is 9.95. The van der Waals surface area contributed by atoms with Gasteiger partial charge in [-0.05, 0) is 82.0 Å². The molecular weight excluding hydrogens is 748 g/mol. The number of methoxy groups -OCH3 is 1. The fourth-order valence-electron chi connectivity index (χ4n) is 5.54. The SMILES string of the molecule is CCOc1ccc([C@H]2C(C(=O)OC)=CN=c3s/c(=C/c4cc(Br)cc(Br)c4OCc4cccc5ccccc45)c(=O)n32)cc1OCC. The lowest BCUT2D eigenvalue weighted by Gasteiger charge is -2.23. The standard InChI is InChI=1S/C36H30Br2N2O6S/c1-4-44-29-14-13-22(16-30(29)45-5-2)32-27(35(42)43-3)19-39-36-40(32)34(41)31(47-36)17-24-15-25(37)18-28(38)33(24)46-20-23-11-8-10-21-9-6-7-12-26(21)23/h6-19,32H,4-5,20H2,1-3H3/b31-17+/t32-/m0/s1. The number of hydrogen-bond acceptors (Lipinski definition) is 8. The average molecular weight is 779 g/mol. The number of thiazole rings is 1. The van der Waals surface area contributed by atoms with Crippen molar-refractivity contribution in [1.29, 1.82) is 0 Å². The van der Waals surface area contributed by atoms with E-state index in [2.05, 4.69) is 55.1 Å². The van der Waals surface area contributed by atoms with E-state index in [0.717, 1.165) is 25.3 Å². The number of ether oxygens (including phenoxy) is 4. The molecule has 6 rings (SSSR count). The zero-order valence-corrected chi connectivity index (χ0v) is 29.8. The monoisotopic (exact) mass is 776 g/mol. The zero-order chi connectivity index (χ0) is 33.1. The molecule has 1 aliphatic rings. The summed E-state index contributed by atoms with van der Waals surface area (Å²) in [6.07, 6.45) is 3.26. The van der Waals surface area contributed by atoms with E-state index in [9.17, 15) is 9.59 Å². The number of fused-ring (bicyclic) bond motifs is 2. The highest BCUT2D eigenvalue weighted by atomic mass is 79.9. The highest BCUT2D eigenvalue weighted by Gasteiger charge is 2.31. The second kappa shape index (κ2) is 14.3. The first kappa shape index (κ1) is 32.7. The Hall–Kier alpha value is -4.19. The molecule has 1 aromatic heterocycles. The van der Waals surface area contributed by atoms with Gasteiger partial charge in [0.25, 0.3) is 5.56 Å². The van der Waals surface area contributed by atoms with Crippen LogP contribution in [0.5, 0.6) is 17.2 Å². The minimum atomic E-state index is -0.799. The fourth-order valence-corrected chi connectivity index (χ4v) is 7.87. The van der Waals surface area contributed by atoms with Crippen molar-refractivity contribution in [3.05, 3.63) is 130 Å². The van der Waals surface area contributed by atoms with E-state index in [4.69, 9.17) is 18.9 Å². The van der Waals surface area contributed by atoms with Gasteiger partial charge in [0, 0.05) is 16.2 Å². The summed E-state index contributed by atoms with van der Waals surface area (Å²) in [5.74, 6) is 1.10. The first-order valence-electron chi connectivity index (χ1n) is 14.9. The topological polar surface area (TPSA) is 88.4 Å². The van der Waals surface area contributed by atoms with Crippen molar-refractivity contribution in [3.63, 3.8) is 0 Å². The lowest BCUT2D eigenvalue weighted by Crippen LogP contribution is -2.39. The Morgan fingerprint density at radius 3 is 2.51 bits per heavy atom. The van der Waals surface area contributed by atoms with Crippen LogP contribution in [0.4, 0.5) is 0 Å². The van der Waals surface area contributed by atoms with Gasteiger partial charge >= 0.3 is 5.97 Å². The van der Waals surface area contributed by atoms with Crippen molar-refractivity contribution in [2.75, 3.05) is 20.3 Å². The smallest absolute Gasteiger partial charge is 0.337 e. The molecular formula is C36H30Br2N2O6S. The van der Waals surface area contributed by atoms with Gasteiger partial charge in [-0.15, -0.1) is 0 Å². The summed E-state index contributed by atoms with van der Waals surface area (Å²) in [5.41, 5.74) is 2.31. The molecule has 0 unspecified atom stereocenters. The molecule has 0 bridgehead atoms. The molecule has 0 saturated carbocycles. The fraction of sp³-hybridized carbons (Fsp3) is 0.194. The van der Waals surface area contributed by atoms with E-state index < -0.39 is 12.0 Å². The van der Waals surface area contributed by atoms with Crippen LogP contribution in [0.15, 0.2) is 103 Å². The minimum absolute atomic E-state index is 0.224. The third kappa shape index (κ3) is 6.65. The molecule has 0 spiro atoms. The molecule has 0 amide bonds. The van der Waals surface area contributed by atoms with E-state index in [1.165, 1.54) is 29.2 Å². The molecule has 5 aromatic rings. The lowest BCUT2D eigenvalue weighted by atomic mass is 9.97. The van der Waals surface area contributed by atoms with Gasteiger partial charge in [-0.3, -0.25) is 9.36 Å². The van der Waals surface area contributed by atoms with Crippen molar-refractivity contribution in [2.24, 2.45) is 4.99 Å². The van der Waals surface area contributed by atoms with Gasteiger partial charge in [-0.25, -0.2) is 9.79 Å². The van der Waals surface area contributed by atoms with Crippen LogP contribution in [0, 0.1) is 0 Å². The summed E-state index contributed by atoms with van der Waals surface area (Å²) in [6, 6.07) is 22.7. The Morgan fingerprint density at radius 2 is 1.72 bits per heavy atom. The molecule has 11 heteroatoms. The molecule has 0 aliphatic carbocycles. The predicted molar refractivity (Wildman–Crippen MR) is 190 cm³/mol. The summed E-state index contributed by atoms with van der Waals surface area (Å²) < 4.78 is 26.6. The lowest BCUT2D eigenvalue weighted by molar-refractivity contribution is -0.136. The molecule has 0 saturated heterocycles. The van der Waals surface area contributed by atoms with Gasteiger partial charge < -0.3 is 18.9 Å². The maximum Gasteiger partial charge on any atom is 0.337 e. The molecule has 2 heterocycles. The van der Waals surface area contributed by atoms with E-state index in [0.29, 0.717) is 57.5 Å². The number of carbonyl (C=O) groups is 1. The van der Waals surface area contributed by atoms with Crippen molar-refractivity contribution < 1.29 is 23.7 Å². The Morgan fingerprint density at radius 1 is 0.957 bits per heavy atom. The highest BCUT2D eigenvalue weighted by molar-refractivity contribution is 9.11. The molecule has 0 fully saturated rings. The molecule has 240 valence electrons. The van der Waals surface area contributed by atoms with Crippen molar-refractivity contribution in [3.8, 4) is 17.2 Å². The largest absolute Gasteiger partial charge is 0.490 e. The van der Waals surface area contributed by atoms with Gasteiger partial charge in [0.05, 0.1) is 40.9 Å². The summed E-state index contributed by atoms with van der Waals surface area (Å²) in [7, 11) is 1.31. The first-order chi connectivity index (χ1) is 22.8. The van der Waals surface area contributed by atoms with Crippen LogP contribution >= 0.6 is 43.2 Å². The summed E-state index contributed by atoms with van der Waals surface area (Å²) in [6.45, 7) is 4.97. The number of rotatable bonds is 10. The zero-order valence-electron chi connectivity index (χ0n) is 25.8. The van der Waals surface area contributed by atoms with Crippen LogP contribution in [0.3, 0.4) is 0 Å². The van der Waals surface area contributed by atoms with Crippen LogP contribution in [-0.4, -0.2) is 30.9 Å². The van der Waals surface area contributed by atoms with Crippen molar-refractivity contribution in [1.82, 2.24) is 4.57 Å². The van der Waals surface area contributed by atoms with Gasteiger partial charge in [-0.2, -0.15) is 0 Å². The van der Waals surface area contributed by atoms with Crippen LogP contribution in [0.1, 0.15) is 36.6 Å². The van der Waals surface area contributed by atoms with Gasteiger partial charge in [0.2, 0.25) is 0 Å². The average Bonchev–Trinajstić information content (AvgIpc) is 3.39. The molecule has 1 aliphatic heterocycles. The van der Waals surface area contributed by atoms with Gasteiger partial charge in [-0.1, -0.05) is 75.8 Å². The normalized spacial score (nSPS) is 14.3. The van der Waals surface area contributed by atoms with E-state index in [1.807, 2.05) is 56.3 Å². The highest BCUT2D eigenvalue weighted by Crippen LogP contribution is 2.36. The number of nitrogens with zero attached hydrogens (tertiary/aromatic N) is 2. The maximum absolute atomic E-state index is 14.2. The Labute approximate surface area is 291 Å². The third-order valence-corrected chi connectivity index (χ3v) is 9.63. The van der Waals surface area contributed by atoms with Crippen LogP contribution in [0.25, 0.3) is 16.8 Å². The van der Waals surface area contributed by atoms with Gasteiger partial charge in [0.15, 0.2) is 16.3 Å². The predicted octanol–water partition coefficient (Wildman–Crippen LogP) is 7.07. The first-order valence-corrected chi connectivity index (χ1v) is 17.3. The second-order valence-corrected chi connectivity index (χ2v) is 13.3. The van der Waals surface area contributed by atoms with E-state index in [-0.39, 0.29) is 11.1 Å². The molecule has 0 N–H and O–H groups in total. The third-order valence-electron chi connectivity index (χ3n) is 7.58. The van der Waals surface area contributed by atoms with Crippen LogP contribution in [0.2, 0.25) is 0 Å². The molecule has 47 heavy (non-hydrogen) atoms. The molecule has 4 aromatic carbocycles. The quantitative estimate of drug-likeness (QED) is 0.141. The Bertz CT molecular complexity index is 2200. The molecule has 8 nitrogen and oxygen atoms in total. The number of aromatic nitrogens is 1. The summed E-state index contributed by atoms with van der Waals surface area (Å²) >= 11 is 8.48. The number of halogens is 2. The Balaban J connectivity index is 1.45. The maximum atomic E-state index is 14.2. The number of esters is 1. The number of benzene rings is 4. The second-order valence-electron chi connectivity index (χ2n) is 10.5. The van der Waals surface area contributed by atoms with E-state index in [1.54, 1.807) is 18.2 Å². The van der Waals surface area contributed by atoms with Crippen LogP contribution in [-0.2, 0) is 16.1 Å². The van der Waals surface area contributed by atoms with E-state index >= 15 is 0 Å². The summed E-state index contributed by atoms with van der Waals surface area (Å²) in [5, 5.41) is 2.24. The number of carbonyl (C=O) groups excluding carboxylic acids is 1. The number of hydrogen-bond donors (Lipinski definition) is 0. The van der Waals surface area contributed by atoms with Crippen molar-refractivity contribution >= 4 is 66.0 Å². The van der Waals surface area contributed by atoms with Crippen LogP contribution < -0.4 is 29.1 Å². The molecule has 0 radical (unpaired) electrons. The van der Waals surface area contributed by atoms with Crippen molar-refractivity contribution in [2.45, 2.75) is 26.5 Å².